The van der Waals surface area contributed by atoms with Crippen LogP contribution in [0.5, 0.6) is 11.5 Å². The molecule has 146 valence electrons. The number of methoxy groups -OCH3 is 1. The van der Waals surface area contributed by atoms with Crippen molar-refractivity contribution in [2.45, 2.75) is 20.4 Å². The van der Waals surface area contributed by atoms with Gasteiger partial charge in [-0.15, -0.1) is 11.3 Å². The lowest BCUT2D eigenvalue weighted by molar-refractivity contribution is 0.0954. The van der Waals surface area contributed by atoms with Crippen LogP contribution in [0.15, 0.2) is 42.5 Å². The minimum Gasteiger partial charge on any atom is -0.493 e. The van der Waals surface area contributed by atoms with Crippen molar-refractivity contribution < 1.29 is 18.7 Å². The molecule has 3 rings (SSSR count). The zero-order chi connectivity index (χ0) is 20.1. The third-order valence-corrected chi connectivity index (χ3v) is 5.28. The van der Waals surface area contributed by atoms with Crippen molar-refractivity contribution in [2.24, 2.45) is 0 Å². The molecule has 1 N–H and O–H groups in total. The van der Waals surface area contributed by atoms with Crippen LogP contribution in [0.2, 0.25) is 0 Å². The predicted molar refractivity (Wildman–Crippen MR) is 108 cm³/mol. The summed E-state index contributed by atoms with van der Waals surface area (Å²) in [6, 6.07) is 11.6. The summed E-state index contributed by atoms with van der Waals surface area (Å²) in [5.74, 6) is 0.792. The zero-order valence-corrected chi connectivity index (χ0v) is 16.7. The first kappa shape index (κ1) is 19.8. The molecule has 2 aromatic carbocycles. The standard InChI is InChI=1S/C21H21FN2O3S/c1-4-27-17-10-5-14(11-18(17)26-3)12-23-20(25)19-13(2)24-21(28-19)15-6-8-16(22)9-7-15/h5-11H,4,12H2,1-3H3,(H,23,25). The molecule has 28 heavy (non-hydrogen) atoms. The maximum absolute atomic E-state index is 13.1. The molecular formula is C21H21FN2O3S. The van der Waals surface area contributed by atoms with Crippen LogP contribution in [0.3, 0.4) is 0 Å². The second-order valence-corrected chi connectivity index (χ2v) is 7.04. The lowest BCUT2D eigenvalue weighted by Gasteiger charge is -2.11. The summed E-state index contributed by atoms with van der Waals surface area (Å²) < 4.78 is 23.9. The molecule has 1 heterocycles. The number of nitrogens with one attached hydrogen (secondary N) is 1. The van der Waals surface area contributed by atoms with Crippen molar-refractivity contribution in [1.29, 1.82) is 0 Å². The Morgan fingerprint density at radius 1 is 1.18 bits per heavy atom. The Kier molecular flexibility index (Phi) is 6.26. The Morgan fingerprint density at radius 3 is 2.61 bits per heavy atom. The van der Waals surface area contributed by atoms with E-state index in [1.54, 1.807) is 26.2 Å². The van der Waals surface area contributed by atoms with Gasteiger partial charge < -0.3 is 14.8 Å². The monoisotopic (exact) mass is 400 g/mol. The molecular weight excluding hydrogens is 379 g/mol. The van der Waals surface area contributed by atoms with Crippen LogP contribution >= 0.6 is 11.3 Å². The van der Waals surface area contributed by atoms with Gasteiger partial charge >= 0.3 is 0 Å². The van der Waals surface area contributed by atoms with Crippen LogP contribution in [0.4, 0.5) is 4.39 Å². The smallest absolute Gasteiger partial charge is 0.263 e. The van der Waals surface area contributed by atoms with E-state index >= 15 is 0 Å². The summed E-state index contributed by atoms with van der Waals surface area (Å²) in [4.78, 5) is 17.6. The van der Waals surface area contributed by atoms with Gasteiger partial charge in [-0.3, -0.25) is 4.79 Å². The van der Waals surface area contributed by atoms with Gasteiger partial charge in [0.15, 0.2) is 11.5 Å². The van der Waals surface area contributed by atoms with Crippen LogP contribution < -0.4 is 14.8 Å². The van der Waals surface area contributed by atoms with Crippen molar-refractivity contribution in [1.82, 2.24) is 10.3 Å². The average molecular weight is 400 g/mol. The number of benzene rings is 2. The van der Waals surface area contributed by atoms with Crippen molar-refractivity contribution in [2.75, 3.05) is 13.7 Å². The molecule has 0 aliphatic rings. The maximum Gasteiger partial charge on any atom is 0.263 e. The molecule has 0 fully saturated rings. The summed E-state index contributed by atoms with van der Waals surface area (Å²) in [5.41, 5.74) is 2.32. The highest BCUT2D eigenvalue weighted by atomic mass is 32.1. The topological polar surface area (TPSA) is 60.5 Å². The average Bonchev–Trinajstić information content (AvgIpc) is 3.09. The molecule has 1 aromatic heterocycles. The van der Waals surface area contributed by atoms with Gasteiger partial charge in [0.05, 0.1) is 19.4 Å². The quantitative estimate of drug-likeness (QED) is 0.630. The van der Waals surface area contributed by atoms with Crippen molar-refractivity contribution in [3.63, 3.8) is 0 Å². The molecule has 0 radical (unpaired) electrons. The maximum atomic E-state index is 13.1. The van der Waals surface area contributed by atoms with Crippen molar-refractivity contribution >= 4 is 17.2 Å². The summed E-state index contributed by atoms with van der Waals surface area (Å²) in [7, 11) is 1.58. The molecule has 0 atom stereocenters. The number of nitrogens with zero attached hydrogens (tertiary/aromatic N) is 1. The molecule has 0 spiro atoms. The number of rotatable bonds is 7. The molecule has 3 aromatic rings. The zero-order valence-electron chi connectivity index (χ0n) is 15.9. The molecule has 0 aliphatic carbocycles. The molecule has 0 unspecified atom stereocenters. The fourth-order valence-electron chi connectivity index (χ4n) is 2.68. The van der Waals surface area contributed by atoms with Gasteiger partial charge in [-0.05, 0) is 55.8 Å². The van der Waals surface area contributed by atoms with Crippen LogP contribution in [0, 0.1) is 12.7 Å². The number of thiazole rings is 1. The minimum absolute atomic E-state index is 0.198. The van der Waals surface area contributed by atoms with Gasteiger partial charge in [0, 0.05) is 12.1 Å². The minimum atomic E-state index is -0.305. The van der Waals surface area contributed by atoms with Crippen LogP contribution in [0.25, 0.3) is 10.6 Å². The Labute approximate surface area is 167 Å². The normalized spacial score (nSPS) is 10.6. The number of amides is 1. The van der Waals surface area contributed by atoms with Crippen molar-refractivity contribution in [3.05, 3.63) is 64.4 Å². The van der Waals surface area contributed by atoms with E-state index in [9.17, 15) is 9.18 Å². The first-order valence-corrected chi connectivity index (χ1v) is 9.64. The lowest BCUT2D eigenvalue weighted by Crippen LogP contribution is -2.22. The number of carbonyl (C=O) groups is 1. The van der Waals surface area contributed by atoms with E-state index in [4.69, 9.17) is 9.47 Å². The highest BCUT2D eigenvalue weighted by molar-refractivity contribution is 7.17. The number of halogens is 1. The Bertz CT molecular complexity index is 970. The summed E-state index contributed by atoms with van der Waals surface area (Å²) in [6.45, 7) is 4.60. The molecule has 0 saturated carbocycles. The van der Waals surface area contributed by atoms with Crippen LogP contribution in [-0.4, -0.2) is 24.6 Å². The van der Waals surface area contributed by atoms with Gasteiger partial charge in [-0.1, -0.05) is 6.07 Å². The van der Waals surface area contributed by atoms with E-state index in [1.807, 2.05) is 25.1 Å². The van der Waals surface area contributed by atoms with E-state index in [0.717, 1.165) is 11.1 Å². The van der Waals surface area contributed by atoms with E-state index in [2.05, 4.69) is 10.3 Å². The number of ether oxygens (including phenoxy) is 2. The molecule has 5 nitrogen and oxygen atoms in total. The molecule has 0 saturated heterocycles. The van der Waals surface area contributed by atoms with Crippen LogP contribution in [-0.2, 0) is 6.54 Å². The number of hydrogen-bond acceptors (Lipinski definition) is 5. The highest BCUT2D eigenvalue weighted by Crippen LogP contribution is 2.29. The Morgan fingerprint density at radius 2 is 1.93 bits per heavy atom. The first-order valence-electron chi connectivity index (χ1n) is 8.83. The van der Waals surface area contributed by atoms with Gasteiger partial charge in [0.1, 0.15) is 15.7 Å². The third kappa shape index (κ3) is 4.48. The number of hydrogen-bond donors (Lipinski definition) is 1. The lowest BCUT2D eigenvalue weighted by atomic mass is 10.2. The first-order chi connectivity index (χ1) is 13.5. The van der Waals surface area contributed by atoms with Gasteiger partial charge in [0.25, 0.3) is 5.91 Å². The number of carbonyl (C=O) groups excluding carboxylic acids is 1. The molecule has 0 aliphatic heterocycles. The van der Waals surface area contributed by atoms with Crippen LogP contribution in [0.1, 0.15) is 27.9 Å². The molecule has 0 bridgehead atoms. The van der Waals surface area contributed by atoms with Gasteiger partial charge in [0.2, 0.25) is 0 Å². The SMILES string of the molecule is CCOc1ccc(CNC(=O)c2sc(-c3ccc(F)cc3)nc2C)cc1OC. The summed E-state index contributed by atoms with van der Waals surface area (Å²) in [5, 5.41) is 3.59. The summed E-state index contributed by atoms with van der Waals surface area (Å²) >= 11 is 1.29. The summed E-state index contributed by atoms with van der Waals surface area (Å²) in [6.07, 6.45) is 0. The fourth-order valence-corrected chi connectivity index (χ4v) is 3.67. The molecule has 1 amide bonds. The predicted octanol–water partition coefficient (Wildman–Crippen LogP) is 4.59. The second kappa shape index (κ2) is 8.84. The molecule has 7 heteroatoms. The second-order valence-electron chi connectivity index (χ2n) is 6.04. The Hall–Kier alpha value is -2.93. The van der Waals surface area contributed by atoms with Crippen molar-refractivity contribution in [3.8, 4) is 22.1 Å². The fraction of sp³-hybridized carbons (Fsp3) is 0.238. The largest absolute Gasteiger partial charge is 0.493 e. The Balaban J connectivity index is 1.71. The van der Waals surface area contributed by atoms with Gasteiger partial charge in [-0.2, -0.15) is 0 Å². The highest BCUT2D eigenvalue weighted by Gasteiger charge is 2.16. The van der Waals surface area contributed by atoms with E-state index in [1.165, 1.54) is 23.5 Å². The number of aryl methyl sites for hydroxylation is 1. The number of aromatic nitrogens is 1. The van der Waals surface area contributed by atoms with E-state index in [0.29, 0.717) is 40.2 Å². The third-order valence-electron chi connectivity index (χ3n) is 4.07. The van der Waals surface area contributed by atoms with E-state index < -0.39 is 0 Å². The van der Waals surface area contributed by atoms with E-state index in [-0.39, 0.29) is 11.7 Å². The van der Waals surface area contributed by atoms with Gasteiger partial charge in [-0.25, -0.2) is 9.37 Å².